The summed E-state index contributed by atoms with van der Waals surface area (Å²) in [5.74, 6) is 2.80. The fourth-order valence-corrected chi connectivity index (χ4v) is 7.11. The van der Waals surface area contributed by atoms with Gasteiger partial charge in [-0.3, -0.25) is 4.79 Å². The molecule has 1 amide bonds. The zero-order valence-corrected chi connectivity index (χ0v) is 24.3. The van der Waals surface area contributed by atoms with Crippen molar-refractivity contribution in [3.8, 4) is 28.8 Å². The predicted molar refractivity (Wildman–Crippen MR) is 158 cm³/mol. The van der Waals surface area contributed by atoms with Gasteiger partial charge in [-0.1, -0.05) is 0 Å². The normalized spacial score (nSPS) is 22.6. The Morgan fingerprint density at radius 1 is 1.09 bits per heavy atom. The summed E-state index contributed by atoms with van der Waals surface area (Å²) in [6.07, 6.45) is 8.74. The van der Waals surface area contributed by atoms with E-state index in [0.717, 1.165) is 42.9 Å². The predicted octanol–water partition coefficient (Wildman–Crippen LogP) is 3.56. The lowest BCUT2D eigenvalue weighted by Crippen LogP contribution is -2.40. The van der Waals surface area contributed by atoms with Gasteiger partial charge >= 0.3 is 0 Å². The molecule has 0 aliphatic carbocycles. The molecule has 7 heterocycles. The van der Waals surface area contributed by atoms with E-state index in [1.165, 1.54) is 6.20 Å². The van der Waals surface area contributed by atoms with Gasteiger partial charge in [0.1, 0.15) is 24.2 Å². The van der Waals surface area contributed by atoms with Crippen LogP contribution in [0.15, 0.2) is 55.1 Å². The summed E-state index contributed by atoms with van der Waals surface area (Å²) in [5.41, 5.74) is 2.36. The number of fused-ring (bicyclic) bond motifs is 6. The van der Waals surface area contributed by atoms with Gasteiger partial charge < -0.3 is 24.4 Å². The molecule has 4 aromatic heterocycles. The highest BCUT2D eigenvalue weighted by molar-refractivity contribution is 5.95. The summed E-state index contributed by atoms with van der Waals surface area (Å²) >= 11 is 0. The number of hydrogen-bond acceptors (Lipinski definition) is 9. The van der Waals surface area contributed by atoms with Crippen molar-refractivity contribution in [1.82, 2.24) is 24.5 Å². The third-order valence-electron chi connectivity index (χ3n) is 8.98. The summed E-state index contributed by atoms with van der Waals surface area (Å²) in [6, 6.07) is 12.1. The van der Waals surface area contributed by atoms with Crippen LogP contribution in [0.2, 0.25) is 0 Å². The second-order valence-corrected chi connectivity index (χ2v) is 12.3. The van der Waals surface area contributed by atoms with Gasteiger partial charge in [-0.2, -0.15) is 10.4 Å². The molecule has 7 rings (SSSR count). The minimum atomic E-state index is -0.995. The highest BCUT2D eigenvalue weighted by Crippen LogP contribution is 2.50. The van der Waals surface area contributed by atoms with Crippen molar-refractivity contribution in [3.05, 3.63) is 66.2 Å². The summed E-state index contributed by atoms with van der Waals surface area (Å²) in [6.45, 7) is 5.19. The average molecular weight is 580 g/mol. The molecule has 4 atom stereocenters. The average Bonchev–Trinajstić information content (AvgIpc) is 3.79. The summed E-state index contributed by atoms with van der Waals surface area (Å²) in [5, 5.41) is 24.2. The maximum Gasteiger partial charge on any atom is 0.255 e. The van der Waals surface area contributed by atoms with E-state index in [0.29, 0.717) is 40.1 Å². The largest absolute Gasteiger partial charge is 0.489 e. The monoisotopic (exact) mass is 579 g/mol. The quantitative estimate of drug-likeness (QED) is 0.349. The van der Waals surface area contributed by atoms with E-state index in [2.05, 4.69) is 26.0 Å². The van der Waals surface area contributed by atoms with Gasteiger partial charge in [-0.05, 0) is 51.0 Å². The van der Waals surface area contributed by atoms with E-state index in [4.69, 9.17) is 14.5 Å². The molecule has 11 heteroatoms. The molecule has 0 radical (unpaired) electrons. The first kappa shape index (κ1) is 27.2. The van der Waals surface area contributed by atoms with E-state index >= 15 is 0 Å². The number of rotatable bonds is 7. The lowest BCUT2D eigenvalue weighted by atomic mass is 9.82. The van der Waals surface area contributed by atoms with Gasteiger partial charge in [-0.25, -0.2) is 14.5 Å². The number of amides is 1. The Hall–Kier alpha value is -4.69. The molecule has 11 nitrogen and oxygen atoms in total. The van der Waals surface area contributed by atoms with Gasteiger partial charge in [0.2, 0.25) is 5.88 Å². The molecule has 3 aliphatic heterocycles. The highest BCUT2D eigenvalue weighted by atomic mass is 16.5. The zero-order chi connectivity index (χ0) is 29.9. The molecule has 43 heavy (non-hydrogen) atoms. The molecule has 1 unspecified atom stereocenters. The van der Waals surface area contributed by atoms with E-state index in [1.807, 2.05) is 24.4 Å². The topological polar surface area (TPSA) is 129 Å². The minimum absolute atomic E-state index is 0.0581. The van der Waals surface area contributed by atoms with Crippen molar-refractivity contribution in [2.75, 3.05) is 31.7 Å². The second kappa shape index (κ2) is 10.2. The summed E-state index contributed by atoms with van der Waals surface area (Å²) in [4.78, 5) is 27.0. The van der Waals surface area contributed by atoms with Crippen LogP contribution in [-0.2, 0) is 0 Å². The molecular weight excluding hydrogens is 546 g/mol. The number of anilines is 1. The second-order valence-electron chi connectivity index (χ2n) is 12.3. The molecule has 0 spiro atoms. The molecule has 4 aromatic rings. The Labute approximate surface area is 249 Å². The van der Waals surface area contributed by atoms with Crippen molar-refractivity contribution in [2.45, 2.75) is 44.4 Å². The maximum absolute atomic E-state index is 13.5. The molecule has 3 saturated heterocycles. The Morgan fingerprint density at radius 2 is 1.86 bits per heavy atom. The van der Waals surface area contributed by atoms with Crippen LogP contribution in [0.1, 0.15) is 42.6 Å². The number of carbonyl (C=O) groups excluding carboxylic acids is 1. The van der Waals surface area contributed by atoms with Gasteiger partial charge in [-0.15, -0.1) is 0 Å². The zero-order valence-electron chi connectivity index (χ0n) is 24.3. The molecular formula is C32H33N7O4. The fraction of sp³-hybridized carbons (Fsp3) is 0.406. The van der Waals surface area contributed by atoms with Gasteiger partial charge in [0.15, 0.2) is 0 Å². The number of nitriles is 1. The van der Waals surface area contributed by atoms with Crippen molar-refractivity contribution in [2.24, 2.45) is 11.8 Å². The third kappa shape index (κ3) is 4.72. The first-order chi connectivity index (χ1) is 20.7. The number of ether oxygens (including phenoxy) is 2. The van der Waals surface area contributed by atoms with Crippen molar-refractivity contribution in [1.29, 1.82) is 5.26 Å². The molecule has 220 valence electrons. The number of nitrogens with zero attached hydrogens (tertiary/aromatic N) is 7. The molecule has 2 bridgehead atoms. The van der Waals surface area contributed by atoms with Gasteiger partial charge in [0, 0.05) is 66.6 Å². The number of aliphatic hydroxyl groups is 1. The lowest BCUT2D eigenvalue weighted by Gasteiger charge is -2.27. The van der Waals surface area contributed by atoms with E-state index in [9.17, 15) is 15.2 Å². The number of pyridine rings is 3. The molecule has 0 saturated carbocycles. The van der Waals surface area contributed by atoms with Crippen LogP contribution in [0.4, 0.5) is 5.82 Å². The van der Waals surface area contributed by atoms with Crippen molar-refractivity contribution < 1.29 is 19.4 Å². The summed E-state index contributed by atoms with van der Waals surface area (Å²) in [7, 11) is 1.57. The number of aromatic nitrogens is 4. The first-order valence-electron chi connectivity index (χ1n) is 14.5. The van der Waals surface area contributed by atoms with Crippen molar-refractivity contribution >= 4 is 17.2 Å². The van der Waals surface area contributed by atoms with Crippen LogP contribution in [0, 0.1) is 23.2 Å². The van der Waals surface area contributed by atoms with Crippen LogP contribution in [0.25, 0.3) is 16.6 Å². The maximum atomic E-state index is 13.5. The van der Waals surface area contributed by atoms with Crippen LogP contribution >= 0.6 is 0 Å². The Bertz CT molecular complexity index is 1700. The van der Waals surface area contributed by atoms with Crippen LogP contribution in [0.3, 0.4) is 0 Å². The third-order valence-corrected chi connectivity index (χ3v) is 8.98. The Balaban J connectivity index is 1.10. The van der Waals surface area contributed by atoms with Crippen LogP contribution < -0.4 is 14.4 Å². The molecule has 3 fully saturated rings. The SMILES string of the molecule is COc1ccc(C(=O)N2C3CC[C@@H]2[C@@H]2CN(c4ccc(-c5cc(OCC(C)(C)O)cn6ncc(C#N)c56)cn4)C[C@H]32)cn1. The van der Waals surface area contributed by atoms with Gasteiger partial charge in [0.05, 0.1) is 41.7 Å². The smallest absolute Gasteiger partial charge is 0.255 e. The fourth-order valence-electron chi connectivity index (χ4n) is 7.11. The van der Waals surface area contributed by atoms with Gasteiger partial charge in [0.25, 0.3) is 5.91 Å². The molecule has 0 aromatic carbocycles. The van der Waals surface area contributed by atoms with E-state index < -0.39 is 5.60 Å². The number of methoxy groups -OCH3 is 1. The number of carbonyl (C=O) groups is 1. The summed E-state index contributed by atoms with van der Waals surface area (Å²) < 4.78 is 12.6. The van der Waals surface area contributed by atoms with Crippen molar-refractivity contribution in [3.63, 3.8) is 0 Å². The highest BCUT2D eigenvalue weighted by Gasteiger charge is 2.58. The van der Waals surface area contributed by atoms with E-state index in [-0.39, 0.29) is 24.6 Å². The van der Waals surface area contributed by atoms with E-state index in [1.54, 1.807) is 50.0 Å². The number of hydrogen-bond donors (Lipinski definition) is 1. The molecule has 3 aliphatic rings. The molecule has 1 N–H and O–H groups in total. The van der Waals surface area contributed by atoms with Crippen LogP contribution in [0.5, 0.6) is 11.6 Å². The van der Waals surface area contributed by atoms with Crippen LogP contribution in [-0.4, -0.2) is 80.0 Å². The Morgan fingerprint density at radius 3 is 2.47 bits per heavy atom. The first-order valence-corrected chi connectivity index (χ1v) is 14.5. The standard InChI is InChI=1S/C32H33N7O4/c1-32(2,41)18-43-22-10-23(30-21(11-33)14-36-38(30)15-22)19-4-8-28(34-12-19)37-16-24-25(17-37)27-7-6-26(24)39(27)31(40)20-5-9-29(42-3)35-13-20/h4-5,8-10,12-15,24-27,41H,6-7,16-18H2,1-3H3/t24-,25+,26-,27?/m1/s1. The Kier molecular flexibility index (Phi) is 6.47. The minimum Gasteiger partial charge on any atom is -0.489 e. The lowest BCUT2D eigenvalue weighted by molar-refractivity contribution is 0.0283.